The van der Waals surface area contributed by atoms with Crippen LogP contribution in [-0.4, -0.2) is 40.0 Å². The Labute approximate surface area is 220 Å². The summed E-state index contributed by atoms with van der Waals surface area (Å²) in [4.78, 5) is 0. The topological polar surface area (TPSA) is 30.5 Å². The lowest BCUT2D eigenvalue weighted by molar-refractivity contribution is -0.137. The number of piperidine rings is 1. The number of benzene rings is 1. The van der Waals surface area contributed by atoms with Crippen LogP contribution in [0.15, 0.2) is 35.9 Å². The monoisotopic (exact) mass is 517 g/mol. The first-order chi connectivity index (χ1) is 17.0. The molecule has 0 amide bonds. The van der Waals surface area contributed by atoms with Gasteiger partial charge in [-0.25, -0.2) is 0 Å². The number of halogens is 3. The van der Waals surface area contributed by atoms with E-state index in [1.165, 1.54) is 44.3 Å². The highest BCUT2D eigenvalue weighted by Gasteiger charge is 2.30. The summed E-state index contributed by atoms with van der Waals surface area (Å²) < 4.78 is 47.2. The lowest BCUT2D eigenvalue weighted by atomic mass is 9.82. The van der Waals surface area contributed by atoms with Crippen molar-refractivity contribution in [3.8, 4) is 0 Å². The molecule has 1 N–H and O–H groups in total. The molecule has 6 heteroatoms. The molecule has 1 heterocycles. The normalized spacial score (nSPS) is 14.5. The first-order valence-electron chi connectivity index (χ1n) is 13.6. The molecule has 0 saturated carbocycles. The minimum absolute atomic E-state index is 0.0653. The maximum atomic E-state index is 12.3. The summed E-state index contributed by atoms with van der Waals surface area (Å²) in [6.07, 6.45) is 3.83. The van der Waals surface area contributed by atoms with Gasteiger partial charge >= 0.3 is 6.18 Å². The Morgan fingerprint density at radius 3 is 1.89 bits per heavy atom. The second kappa shape index (κ2) is 21.7. The predicted octanol–water partition coefficient (Wildman–Crippen LogP) is 8.82. The maximum Gasteiger partial charge on any atom is 0.416 e. The summed E-state index contributed by atoms with van der Waals surface area (Å²) in [5, 5.41) is 3.36. The van der Waals surface area contributed by atoms with E-state index in [9.17, 15) is 13.2 Å². The Morgan fingerprint density at radius 2 is 1.50 bits per heavy atom. The lowest BCUT2D eigenvalue weighted by Crippen LogP contribution is -2.28. The number of hydrogen-bond donors (Lipinski definition) is 1. The Morgan fingerprint density at radius 1 is 0.972 bits per heavy atom. The van der Waals surface area contributed by atoms with Gasteiger partial charge in [-0.05, 0) is 88.1 Å². The van der Waals surface area contributed by atoms with Gasteiger partial charge in [-0.2, -0.15) is 13.2 Å². The zero-order valence-electron chi connectivity index (χ0n) is 24.5. The second-order valence-electron chi connectivity index (χ2n) is 9.39. The van der Waals surface area contributed by atoms with Gasteiger partial charge in [0.25, 0.3) is 0 Å². The summed E-state index contributed by atoms with van der Waals surface area (Å²) in [6, 6.07) is 5.41. The van der Waals surface area contributed by atoms with Gasteiger partial charge in [-0.3, -0.25) is 0 Å². The van der Waals surface area contributed by atoms with Gasteiger partial charge in [0, 0.05) is 13.7 Å². The molecule has 0 unspecified atom stereocenters. The highest BCUT2D eigenvalue weighted by molar-refractivity contribution is 5.29. The summed E-state index contributed by atoms with van der Waals surface area (Å²) in [6.45, 7) is 21.2. The molecule has 212 valence electrons. The van der Waals surface area contributed by atoms with Gasteiger partial charge in [0.1, 0.15) is 0 Å². The van der Waals surface area contributed by atoms with Crippen molar-refractivity contribution in [2.45, 2.75) is 99.1 Å². The standard InChI is InChI=1S/C12H15F3.C10H21NO2.C6H12.C2H6/c1-4-11(2,3)9-5-7-10(8-6-9)12(13,14)15;1-12-8-9-13-7-4-10-2-5-11-6-3-10;1-4-6(3)5-2;1-2/h5-8H,4H2,1-3H3;10-11H,2-9H2,1H3;4H,5H2,1-3H3;1-2H3/b;;6-4+;. The molecule has 1 fully saturated rings. The molecule has 1 aromatic rings. The van der Waals surface area contributed by atoms with E-state index in [1.54, 1.807) is 19.2 Å². The molecule has 1 aromatic carbocycles. The Kier molecular flexibility index (Phi) is 22.2. The first-order valence-corrected chi connectivity index (χ1v) is 13.6. The van der Waals surface area contributed by atoms with Crippen molar-refractivity contribution in [1.82, 2.24) is 5.32 Å². The SMILES string of the molecule is C/C=C(\C)CC.CC.CCC(C)(C)c1ccc(C(F)(F)F)cc1.COCCOCCC1CCNCC1. The predicted molar refractivity (Wildman–Crippen MR) is 149 cm³/mol. The van der Waals surface area contributed by atoms with Crippen LogP contribution >= 0.6 is 0 Å². The van der Waals surface area contributed by atoms with E-state index in [-0.39, 0.29) is 5.41 Å². The van der Waals surface area contributed by atoms with Crippen molar-refractivity contribution in [2.75, 3.05) is 40.0 Å². The molecule has 1 aliphatic rings. The van der Waals surface area contributed by atoms with Crippen LogP contribution in [0.5, 0.6) is 0 Å². The van der Waals surface area contributed by atoms with Crippen molar-refractivity contribution < 1.29 is 22.6 Å². The molecular weight excluding hydrogens is 463 g/mol. The maximum absolute atomic E-state index is 12.3. The van der Waals surface area contributed by atoms with E-state index in [0.717, 1.165) is 43.2 Å². The quantitative estimate of drug-likeness (QED) is 0.262. The van der Waals surface area contributed by atoms with E-state index in [4.69, 9.17) is 9.47 Å². The van der Waals surface area contributed by atoms with Crippen molar-refractivity contribution >= 4 is 0 Å². The van der Waals surface area contributed by atoms with Crippen molar-refractivity contribution in [1.29, 1.82) is 0 Å². The van der Waals surface area contributed by atoms with E-state index in [0.29, 0.717) is 6.61 Å². The largest absolute Gasteiger partial charge is 0.416 e. The fourth-order valence-corrected chi connectivity index (χ4v) is 3.18. The molecule has 3 nitrogen and oxygen atoms in total. The van der Waals surface area contributed by atoms with E-state index in [2.05, 4.69) is 32.2 Å². The van der Waals surface area contributed by atoms with Gasteiger partial charge in [-0.1, -0.05) is 65.3 Å². The molecule has 0 aromatic heterocycles. The third-order valence-corrected chi connectivity index (χ3v) is 6.49. The fraction of sp³-hybridized carbons (Fsp3) is 0.733. The molecule has 0 atom stereocenters. The highest BCUT2D eigenvalue weighted by Crippen LogP contribution is 2.32. The Balaban J connectivity index is 0. The van der Waals surface area contributed by atoms with Gasteiger partial charge in [0.05, 0.1) is 18.8 Å². The summed E-state index contributed by atoms with van der Waals surface area (Å²) in [5.74, 6) is 0.879. The smallest absolute Gasteiger partial charge is 0.382 e. The zero-order valence-corrected chi connectivity index (χ0v) is 24.5. The van der Waals surface area contributed by atoms with Crippen LogP contribution in [0.3, 0.4) is 0 Å². The first kappa shape index (κ1) is 36.8. The minimum Gasteiger partial charge on any atom is -0.382 e. The average Bonchev–Trinajstić information content (AvgIpc) is 2.90. The van der Waals surface area contributed by atoms with Gasteiger partial charge < -0.3 is 14.8 Å². The van der Waals surface area contributed by atoms with Crippen LogP contribution in [0.4, 0.5) is 13.2 Å². The molecule has 0 bridgehead atoms. The number of nitrogens with one attached hydrogen (secondary N) is 1. The van der Waals surface area contributed by atoms with Crippen molar-refractivity contribution in [3.05, 3.63) is 47.0 Å². The zero-order chi connectivity index (χ0) is 28.0. The Bertz CT molecular complexity index is 649. The second-order valence-corrected chi connectivity index (χ2v) is 9.39. The van der Waals surface area contributed by atoms with Crippen molar-refractivity contribution in [3.63, 3.8) is 0 Å². The van der Waals surface area contributed by atoms with Gasteiger partial charge in [-0.15, -0.1) is 0 Å². The van der Waals surface area contributed by atoms with Crippen LogP contribution in [0, 0.1) is 5.92 Å². The Hall–Kier alpha value is -1.37. The fourth-order valence-electron chi connectivity index (χ4n) is 3.18. The molecule has 1 saturated heterocycles. The van der Waals surface area contributed by atoms with Gasteiger partial charge in [0.2, 0.25) is 0 Å². The van der Waals surface area contributed by atoms with Crippen LogP contribution < -0.4 is 5.32 Å². The molecule has 2 rings (SSSR count). The molecule has 1 aliphatic heterocycles. The number of allylic oxidation sites excluding steroid dienone is 2. The number of hydrogen-bond acceptors (Lipinski definition) is 3. The van der Waals surface area contributed by atoms with Crippen LogP contribution in [0.1, 0.15) is 98.6 Å². The van der Waals surface area contributed by atoms with Crippen LogP contribution in [0.2, 0.25) is 0 Å². The van der Waals surface area contributed by atoms with Crippen molar-refractivity contribution in [2.24, 2.45) is 5.92 Å². The highest BCUT2D eigenvalue weighted by atomic mass is 19.4. The van der Waals surface area contributed by atoms with E-state index in [1.807, 2.05) is 34.6 Å². The summed E-state index contributed by atoms with van der Waals surface area (Å²) >= 11 is 0. The lowest BCUT2D eigenvalue weighted by Gasteiger charge is -2.23. The molecule has 0 aliphatic carbocycles. The third-order valence-electron chi connectivity index (χ3n) is 6.49. The summed E-state index contributed by atoms with van der Waals surface area (Å²) in [5.41, 5.74) is 1.76. The van der Waals surface area contributed by atoms with Gasteiger partial charge in [0.15, 0.2) is 0 Å². The number of ether oxygens (including phenoxy) is 2. The molecule has 0 spiro atoms. The van der Waals surface area contributed by atoms with E-state index >= 15 is 0 Å². The number of rotatable bonds is 9. The average molecular weight is 518 g/mol. The third kappa shape index (κ3) is 18.0. The molecule has 0 radical (unpaired) electrons. The molecular formula is C30H54F3NO2. The van der Waals surface area contributed by atoms with Crippen LogP contribution in [-0.2, 0) is 21.1 Å². The minimum atomic E-state index is -4.24. The number of methoxy groups -OCH3 is 1. The summed E-state index contributed by atoms with van der Waals surface area (Å²) in [7, 11) is 1.70. The number of alkyl halides is 3. The van der Waals surface area contributed by atoms with Crippen LogP contribution in [0.25, 0.3) is 0 Å². The van der Waals surface area contributed by atoms with E-state index < -0.39 is 11.7 Å². The molecule has 36 heavy (non-hydrogen) atoms.